The number of fused-ring (bicyclic) bond motifs is 2. The van der Waals surface area contributed by atoms with E-state index >= 15 is 0 Å². The van der Waals surface area contributed by atoms with Gasteiger partial charge in [0, 0.05) is 38.8 Å². The third kappa shape index (κ3) is 5.72. The normalized spacial score (nSPS) is 11.3. The van der Waals surface area contributed by atoms with E-state index in [-0.39, 0.29) is 17.7 Å². The van der Waals surface area contributed by atoms with E-state index in [4.69, 9.17) is 8.83 Å². The quantitative estimate of drug-likeness (QED) is 0.396. The molecule has 4 aromatic rings. The third-order valence-corrected chi connectivity index (χ3v) is 5.10. The van der Waals surface area contributed by atoms with Crippen molar-refractivity contribution in [3.63, 3.8) is 0 Å². The van der Waals surface area contributed by atoms with Crippen molar-refractivity contribution < 1.29 is 18.4 Å². The summed E-state index contributed by atoms with van der Waals surface area (Å²) in [6, 6.07) is 15.1. The molecule has 0 fully saturated rings. The molecule has 0 saturated heterocycles. The van der Waals surface area contributed by atoms with Crippen molar-refractivity contribution in [3.05, 3.63) is 60.3 Å². The molecular weight excluding hydrogens is 408 g/mol. The third-order valence-electron chi connectivity index (χ3n) is 5.10. The Kier molecular flexibility index (Phi) is 6.79. The van der Waals surface area contributed by atoms with Gasteiger partial charge in [0.25, 0.3) is 0 Å². The van der Waals surface area contributed by atoms with Crippen LogP contribution in [-0.2, 0) is 22.4 Å². The minimum absolute atomic E-state index is 0.0682. The molecule has 2 aromatic carbocycles. The number of hydrogen-bond acceptors (Lipinski definition) is 6. The number of aryl methyl sites for hydroxylation is 2. The van der Waals surface area contributed by atoms with Crippen LogP contribution in [0.3, 0.4) is 0 Å². The van der Waals surface area contributed by atoms with E-state index in [0.717, 1.165) is 22.2 Å². The minimum atomic E-state index is -0.0682. The van der Waals surface area contributed by atoms with Gasteiger partial charge in [-0.05, 0) is 30.2 Å². The summed E-state index contributed by atoms with van der Waals surface area (Å²) in [4.78, 5) is 33.0. The summed E-state index contributed by atoms with van der Waals surface area (Å²) in [5, 5.41) is 5.80. The van der Waals surface area contributed by atoms with Gasteiger partial charge in [-0.15, -0.1) is 0 Å². The lowest BCUT2D eigenvalue weighted by Gasteiger charge is -2.13. The van der Waals surface area contributed by atoms with Gasteiger partial charge in [0.05, 0.1) is 0 Å². The van der Waals surface area contributed by atoms with Crippen LogP contribution in [-0.4, -0.2) is 34.9 Å². The highest BCUT2D eigenvalue weighted by atomic mass is 16.4. The van der Waals surface area contributed by atoms with Gasteiger partial charge in [0.15, 0.2) is 22.9 Å². The van der Waals surface area contributed by atoms with Crippen molar-refractivity contribution in [1.29, 1.82) is 0 Å². The maximum absolute atomic E-state index is 12.1. The lowest BCUT2D eigenvalue weighted by Crippen LogP contribution is -2.35. The summed E-state index contributed by atoms with van der Waals surface area (Å²) < 4.78 is 11.3. The molecule has 32 heavy (non-hydrogen) atoms. The largest absolute Gasteiger partial charge is 0.441 e. The van der Waals surface area contributed by atoms with Crippen LogP contribution in [0.25, 0.3) is 22.2 Å². The molecular formula is C24H26N4O4. The number of oxazole rings is 2. The molecule has 2 amide bonds. The zero-order valence-corrected chi connectivity index (χ0v) is 18.0. The van der Waals surface area contributed by atoms with Gasteiger partial charge in [-0.1, -0.05) is 31.2 Å². The lowest BCUT2D eigenvalue weighted by atomic mass is 10.1. The number of nitrogens with zero attached hydrogens (tertiary/aromatic N) is 2. The Labute approximate surface area is 185 Å². The Morgan fingerprint density at radius 1 is 0.781 bits per heavy atom. The highest BCUT2D eigenvalue weighted by molar-refractivity contribution is 5.77. The van der Waals surface area contributed by atoms with Crippen LogP contribution in [0.15, 0.2) is 57.4 Å². The molecule has 166 valence electrons. The molecule has 4 rings (SSSR count). The number of nitrogens with one attached hydrogen (secondary N) is 2. The topological polar surface area (TPSA) is 110 Å². The number of para-hydroxylation sites is 4. The lowest BCUT2D eigenvalue weighted by molar-refractivity contribution is -0.121. The maximum Gasteiger partial charge on any atom is 0.220 e. The number of hydrogen-bond donors (Lipinski definition) is 2. The number of aromatic nitrogens is 2. The summed E-state index contributed by atoms with van der Waals surface area (Å²) in [6.45, 7) is 2.94. The molecule has 0 aliphatic heterocycles. The molecule has 0 radical (unpaired) electrons. The molecule has 8 heteroatoms. The Bertz CT molecular complexity index is 1050. The SMILES string of the molecule is CC(CNC(=O)CCc1nc2ccccc2o1)CNC(=O)CCc1nc2ccccc2o1. The van der Waals surface area contributed by atoms with Crippen LogP contribution in [0.5, 0.6) is 0 Å². The van der Waals surface area contributed by atoms with Crippen LogP contribution < -0.4 is 10.6 Å². The van der Waals surface area contributed by atoms with Crippen LogP contribution in [0.1, 0.15) is 31.5 Å². The molecule has 8 nitrogen and oxygen atoms in total. The van der Waals surface area contributed by atoms with Gasteiger partial charge in [-0.2, -0.15) is 0 Å². The molecule has 0 aliphatic carbocycles. The summed E-state index contributed by atoms with van der Waals surface area (Å²) >= 11 is 0. The summed E-state index contributed by atoms with van der Waals surface area (Å²) in [7, 11) is 0. The van der Waals surface area contributed by atoms with E-state index in [1.165, 1.54) is 0 Å². The molecule has 0 saturated carbocycles. The fourth-order valence-corrected chi connectivity index (χ4v) is 3.32. The zero-order valence-electron chi connectivity index (χ0n) is 18.0. The second kappa shape index (κ2) is 10.1. The average molecular weight is 434 g/mol. The van der Waals surface area contributed by atoms with Gasteiger partial charge >= 0.3 is 0 Å². The van der Waals surface area contributed by atoms with Crippen LogP contribution in [0, 0.1) is 5.92 Å². The van der Waals surface area contributed by atoms with Crippen LogP contribution >= 0.6 is 0 Å². The first-order valence-electron chi connectivity index (χ1n) is 10.8. The van der Waals surface area contributed by atoms with E-state index in [9.17, 15) is 9.59 Å². The second-order valence-electron chi connectivity index (χ2n) is 7.86. The summed E-state index contributed by atoms with van der Waals surface area (Å²) in [6.07, 6.45) is 1.50. The predicted molar refractivity (Wildman–Crippen MR) is 120 cm³/mol. The minimum Gasteiger partial charge on any atom is -0.441 e. The van der Waals surface area contributed by atoms with Gasteiger partial charge < -0.3 is 19.5 Å². The van der Waals surface area contributed by atoms with Crippen molar-refractivity contribution in [2.24, 2.45) is 5.92 Å². The summed E-state index contributed by atoms with van der Waals surface area (Å²) in [5.74, 6) is 1.08. The van der Waals surface area contributed by atoms with Crippen molar-refractivity contribution in [2.75, 3.05) is 13.1 Å². The van der Waals surface area contributed by atoms with Crippen molar-refractivity contribution >= 4 is 34.0 Å². The molecule has 2 N–H and O–H groups in total. The molecule has 0 atom stereocenters. The van der Waals surface area contributed by atoms with E-state index in [0.29, 0.717) is 50.6 Å². The van der Waals surface area contributed by atoms with Crippen molar-refractivity contribution in [2.45, 2.75) is 32.6 Å². The Morgan fingerprint density at radius 3 is 1.66 bits per heavy atom. The average Bonchev–Trinajstić information content (AvgIpc) is 3.41. The fraction of sp³-hybridized carbons (Fsp3) is 0.333. The van der Waals surface area contributed by atoms with E-state index in [2.05, 4.69) is 20.6 Å². The molecule has 0 unspecified atom stereocenters. The van der Waals surface area contributed by atoms with Crippen LogP contribution in [0.2, 0.25) is 0 Å². The number of benzene rings is 2. The summed E-state index contributed by atoms with van der Waals surface area (Å²) in [5.41, 5.74) is 3.04. The Morgan fingerprint density at radius 2 is 1.22 bits per heavy atom. The first-order chi connectivity index (χ1) is 15.6. The highest BCUT2D eigenvalue weighted by Gasteiger charge is 2.12. The Hall–Kier alpha value is -3.68. The standard InChI is InChI=1S/C24H26N4O4/c1-16(14-25-21(29)10-12-23-27-17-6-2-4-8-19(17)31-23)15-26-22(30)11-13-24-28-18-7-3-5-9-20(18)32-24/h2-9,16H,10-15H2,1H3,(H,25,29)(H,26,30). The smallest absolute Gasteiger partial charge is 0.220 e. The first-order valence-corrected chi connectivity index (χ1v) is 10.8. The van der Waals surface area contributed by atoms with E-state index in [1.807, 2.05) is 55.5 Å². The van der Waals surface area contributed by atoms with Gasteiger partial charge in [-0.25, -0.2) is 9.97 Å². The fourth-order valence-electron chi connectivity index (χ4n) is 3.32. The molecule has 2 aromatic heterocycles. The molecule has 0 aliphatic rings. The number of carbonyl (C=O) groups is 2. The van der Waals surface area contributed by atoms with Gasteiger partial charge in [-0.3, -0.25) is 9.59 Å². The molecule has 0 bridgehead atoms. The number of amides is 2. The predicted octanol–water partition coefficient (Wildman–Crippen LogP) is 3.40. The monoisotopic (exact) mass is 434 g/mol. The van der Waals surface area contributed by atoms with Gasteiger partial charge in [0.2, 0.25) is 11.8 Å². The van der Waals surface area contributed by atoms with E-state index < -0.39 is 0 Å². The Balaban J connectivity index is 1.11. The number of rotatable bonds is 10. The van der Waals surface area contributed by atoms with Gasteiger partial charge in [0.1, 0.15) is 11.0 Å². The second-order valence-corrected chi connectivity index (χ2v) is 7.86. The maximum atomic E-state index is 12.1. The van der Waals surface area contributed by atoms with Crippen molar-refractivity contribution in [1.82, 2.24) is 20.6 Å². The molecule has 0 spiro atoms. The first kappa shape index (κ1) is 21.5. The van der Waals surface area contributed by atoms with Crippen molar-refractivity contribution in [3.8, 4) is 0 Å². The molecule has 2 heterocycles. The van der Waals surface area contributed by atoms with Crippen LogP contribution in [0.4, 0.5) is 0 Å². The highest BCUT2D eigenvalue weighted by Crippen LogP contribution is 2.16. The van der Waals surface area contributed by atoms with E-state index in [1.54, 1.807) is 0 Å². The zero-order chi connectivity index (χ0) is 22.3. The number of carbonyl (C=O) groups excluding carboxylic acids is 2.